The van der Waals surface area contributed by atoms with Crippen LogP contribution in [-0.2, 0) is 31.1 Å². The van der Waals surface area contributed by atoms with E-state index in [0.29, 0.717) is 9.37 Å². The summed E-state index contributed by atoms with van der Waals surface area (Å²) in [6, 6.07) is 6.88. The summed E-state index contributed by atoms with van der Waals surface area (Å²) < 4.78 is 33.5. The molecule has 1 atom stereocenters. The Kier molecular flexibility index (Phi) is 6.05. The normalized spacial score (nSPS) is 18.2. The molecule has 0 saturated carbocycles. The highest BCUT2D eigenvalue weighted by atomic mass is 79.9. The minimum atomic E-state index is -2.38. The van der Waals surface area contributed by atoms with E-state index in [4.69, 9.17) is 16.3 Å². The predicted octanol–water partition coefficient (Wildman–Crippen LogP) is 3.48. The molecule has 2 amide bonds. The number of ether oxygens (including phenoxy) is 1. The number of fused-ring (bicyclic) bond motifs is 1. The molecule has 156 valence electrons. The average molecular weight is 501 g/mol. The minimum Gasteiger partial charge on any atom is -0.468 e. The summed E-state index contributed by atoms with van der Waals surface area (Å²) in [7, 11) is 0.976. The van der Waals surface area contributed by atoms with Crippen LogP contribution in [0.4, 0.5) is 8.78 Å². The summed E-state index contributed by atoms with van der Waals surface area (Å²) in [5.41, 5.74) is -2.92. The van der Waals surface area contributed by atoms with Crippen LogP contribution < -0.4 is 0 Å². The van der Waals surface area contributed by atoms with Gasteiger partial charge in [0.1, 0.15) is 11.6 Å². The summed E-state index contributed by atoms with van der Waals surface area (Å²) in [6.07, 6.45) is -0.872. The molecule has 2 aromatic carbocycles. The fourth-order valence-electron chi connectivity index (χ4n) is 3.43. The van der Waals surface area contributed by atoms with Crippen LogP contribution in [0.15, 0.2) is 40.9 Å². The Hall–Kier alpha value is -2.65. The van der Waals surface area contributed by atoms with E-state index < -0.39 is 53.0 Å². The maximum absolute atomic E-state index is 14.3. The highest BCUT2D eigenvalue weighted by Gasteiger charge is 2.58. The zero-order valence-corrected chi connectivity index (χ0v) is 17.7. The van der Waals surface area contributed by atoms with Crippen molar-refractivity contribution in [1.82, 2.24) is 4.90 Å². The van der Waals surface area contributed by atoms with Gasteiger partial charge in [0, 0.05) is 15.6 Å². The lowest BCUT2D eigenvalue weighted by molar-refractivity contribution is -0.157. The Labute approximate surface area is 182 Å². The van der Waals surface area contributed by atoms with Crippen molar-refractivity contribution < 1.29 is 32.7 Å². The molecule has 10 heteroatoms. The van der Waals surface area contributed by atoms with Gasteiger partial charge in [0.25, 0.3) is 11.8 Å². The van der Waals surface area contributed by atoms with E-state index in [-0.39, 0.29) is 16.7 Å². The number of nitrogens with zero attached hydrogens (tertiary/aromatic N) is 1. The van der Waals surface area contributed by atoms with Crippen LogP contribution in [0.3, 0.4) is 0 Å². The first-order valence-electron chi connectivity index (χ1n) is 8.48. The van der Waals surface area contributed by atoms with Gasteiger partial charge in [-0.25, -0.2) is 8.78 Å². The van der Waals surface area contributed by atoms with Crippen LogP contribution in [0.5, 0.6) is 0 Å². The van der Waals surface area contributed by atoms with E-state index in [9.17, 15) is 28.0 Å². The number of rotatable bonds is 5. The van der Waals surface area contributed by atoms with Crippen molar-refractivity contribution in [1.29, 1.82) is 0 Å². The predicted molar refractivity (Wildman–Crippen MR) is 105 cm³/mol. The first-order valence-corrected chi connectivity index (χ1v) is 9.66. The Morgan fingerprint density at radius 3 is 2.47 bits per heavy atom. The van der Waals surface area contributed by atoms with Gasteiger partial charge in [-0.1, -0.05) is 22.0 Å². The number of hydrogen-bond acceptors (Lipinski definition) is 5. The Morgan fingerprint density at radius 2 is 1.87 bits per heavy atom. The number of methoxy groups -OCH3 is 1. The fourth-order valence-corrected chi connectivity index (χ4v) is 3.96. The Bertz CT molecular complexity index is 1090. The average Bonchev–Trinajstić information content (AvgIpc) is 2.69. The summed E-state index contributed by atoms with van der Waals surface area (Å²) >= 11 is 8.61. The van der Waals surface area contributed by atoms with Gasteiger partial charge in [-0.3, -0.25) is 24.1 Å². The molecule has 30 heavy (non-hydrogen) atoms. The molecule has 0 bridgehead atoms. The van der Waals surface area contributed by atoms with E-state index in [1.54, 1.807) is 0 Å². The van der Waals surface area contributed by atoms with Gasteiger partial charge in [0.05, 0.1) is 20.1 Å². The lowest BCUT2D eigenvalue weighted by Crippen LogP contribution is -2.58. The molecule has 1 aliphatic rings. The molecule has 0 N–H and O–H groups in total. The van der Waals surface area contributed by atoms with Crippen LogP contribution in [0, 0.1) is 11.6 Å². The third kappa shape index (κ3) is 3.63. The largest absolute Gasteiger partial charge is 0.468 e. The number of benzene rings is 2. The second-order valence-electron chi connectivity index (χ2n) is 6.55. The summed E-state index contributed by atoms with van der Waals surface area (Å²) in [5, 5.41) is -1.08. The van der Waals surface area contributed by atoms with Crippen molar-refractivity contribution >= 4 is 50.6 Å². The van der Waals surface area contributed by atoms with Crippen LogP contribution in [-0.4, -0.2) is 35.0 Å². The Morgan fingerprint density at radius 1 is 1.17 bits per heavy atom. The molecule has 2 aromatic rings. The number of imide groups is 1. The molecule has 0 saturated heterocycles. The SMILES string of the molecule is COC(=O)C1(CC(=O)Cl)C(=O)N(Cc2ccc(Br)cc2F)C(=O)c2ccc(F)cc21. The van der Waals surface area contributed by atoms with E-state index in [1.165, 1.54) is 12.1 Å². The van der Waals surface area contributed by atoms with Crippen molar-refractivity contribution in [3.05, 3.63) is 69.2 Å². The van der Waals surface area contributed by atoms with E-state index in [0.717, 1.165) is 31.4 Å². The maximum Gasteiger partial charge on any atom is 0.326 e. The van der Waals surface area contributed by atoms with Crippen molar-refractivity contribution in [2.24, 2.45) is 0 Å². The molecule has 3 rings (SSSR count). The number of esters is 1. The second kappa shape index (κ2) is 8.23. The van der Waals surface area contributed by atoms with Crippen LogP contribution in [0.1, 0.15) is 27.9 Å². The van der Waals surface area contributed by atoms with Gasteiger partial charge < -0.3 is 4.74 Å². The van der Waals surface area contributed by atoms with Crippen LogP contribution in [0.25, 0.3) is 0 Å². The molecule has 0 fully saturated rings. The summed E-state index contributed by atoms with van der Waals surface area (Å²) in [5.74, 6) is -4.77. The van der Waals surface area contributed by atoms with E-state index >= 15 is 0 Å². The Balaban J connectivity index is 2.23. The molecule has 0 spiro atoms. The number of amides is 2. The fraction of sp³-hybridized carbons (Fsp3) is 0.200. The maximum atomic E-state index is 14.3. The number of carbonyl (C=O) groups is 4. The first-order chi connectivity index (χ1) is 14.1. The molecule has 0 aromatic heterocycles. The smallest absolute Gasteiger partial charge is 0.326 e. The highest BCUT2D eigenvalue weighted by Crippen LogP contribution is 2.40. The number of halogens is 4. The summed E-state index contributed by atoms with van der Waals surface area (Å²) in [6.45, 7) is -0.525. The highest BCUT2D eigenvalue weighted by molar-refractivity contribution is 9.10. The molecule has 1 unspecified atom stereocenters. The lowest BCUT2D eigenvalue weighted by Gasteiger charge is -2.39. The third-order valence-corrected chi connectivity index (χ3v) is 5.44. The van der Waals surface area contributed by atoms with Gasteiger partial charge >= 0.3 is 5.97 Å². The van der Waals surface area contributed by atoms with Gasteiger partial charge in [0.2, 0.25) is 5.24 Å². The molecule has 0 radical (unpaired) electrons. The van der Waals surface area contributed by atoms with Gasteiger partial charge in [0.15, 0.2) is 5.41 Å². The second-order valence-corrected chi connectivity index (χ2v) is 7.89. The lowest BCUT2D eigenvalue weighted by atomic mass is 9.71. The third-order valence-electron chi connectivity index (χ3n) is 4.81. The summed E-state index contributed by atoms with van der Waals surface area (Å²) in [4.78, 5) is 51.5. The first kappa shape index (κ1) is 22.0. The topological polar surface area (TPSA) is 80.8 Å². The molecule has 6 nitrogen and oxygen atoms in total. The quantitative estimate of drug-likeness (QED) is 0.272. The van der Waals surface area contributed by atoms with E-state index in [2.05, 4.69) is 15.9 Å². The zero-order chi connectivity index (χ0) is 22.2. The standard InChI is InChI=1S/C20H13BrClF2NO5/c1-30-19(29)20(8-16(22)26)14-7-12(23)4-5-13(14)17(27)25(18(20)28)9-10-2-3-11(21)6-15(10)24/h2-7H,8-9H2,1H3. The van der Waals surface area contributed by atoms with Crippen molar-refractivity contribution in [2.45, 2.75) is 18.4 Å². The van der Waals surface area contributed by atoms with E-state index in [1.807, 2.05) is 0 Å². The zero-order valence-electron chi connectivity index (χ0n) is 15.4. The van der Waals surface area contributed by atoms with Crippen LogP contribution in [0.2, 0.25) is 0 Å². The van der Waals surface area contributed by atoms with Crippen molar-refractivity contribution in [3.8, 4) is 0 Å². The van der Waals surface area contributed by atoms with Gasteiger partial charge in [-0.2, -0.15) is 0 Å². The molecule has 1 aliphatic heterocycles. The van der Waals surface area contributed by atoms with Crippen molar-refractivity contribution in [3.63, 3.8) is 0 Å². The van der Waals surface area contributed by atoms with Gasteiger partial charge in [-0.05, 0) is 47.5 Å². The molecular formula is C20H13BrClF2NO5. The van der Waals surface area contributed by atoms with Gasteiger partial charge in [-0.15, -0.1) is 0 Å². The molecule has 0 aliphatic carbocycles. The molecular weight excluding hydrogens is 488 g/mol. The molecule has 1 heterocycles. The number of hydrogen-bond donors (Lipinski definition) is 0. The van der Waals surface area contributed by atoms with Crippen molar-refractivity contribution in [2.75, 3.05) is 7.11 Å². The van der Waals surface area contributed by atoms with Crippen LogP contribution >= 0.6 is 27.5 Å². The monoisotopic (exact) mass is 499 g/mol. The minimum absolute atomic E-state index is 0.0126. The number of carbonyl (C=O) groups excluding carboxylic acids is 4.